The quantitative estimate of drug-likeness (QED) is 0.770. The molecule has 3 aromatic heterocycles. The van der Waals surface area contributed by atoms with Crippen molar-refractivity contribution in [2.45, 2.75) is 20.0 Å². The van der Waals surface area contributed by atoms with E-state index in [9.17, 15) is 4.79 Å². The fourth-order valence-electron chi connectivity index (χ4n) is 2.34. The van der Waals surface area contributed by atoms with Gasteiger partial charge in [0.25, 0.3) is 5.56 Å². The Morgan fingerprint density at radius 1 is 1.35 bits per heavy atom. The van der Waals surface area contributed by atoms with Gasteiger partial charge in [-0.1, -0.05) is 0 Å². The van der Waals surface area contributed by atoms with Crippen LogP contribution in [0.15, 0.2) is 41.5 Å². The minimum absolute atomic E-state index is 0.166. The van der Waals surface area contributed by atoms with E-state index in [4.69, 9.17) is 5.73 Å². The lowest BCUT2D eigenvalue weighted by molar-refractivity contribution is 0.690. The molecule has 0 saturated carbocycles. The molecular weight excluding hydrogens is 254 g/mol. The number of rotatable bonds is 3. The van der Waals surface area contributed by atoms with Crippen LogP contribution in [0.4, 0.5) is 0 Å². The molecule has 3 aromatic rings. The highest BCUT2D eigenvalue weighted by Gasteiger charge is 2.11. The molecule has 0 aliphatic rings. The molecule has 20 heavy (non-hydrogen) atoms. The van der Waals surface area contributed by atoms with Gasteiger partial charge in [-0.2, -0.15) is 9.61 Å². The van der Waals surface area contributed by atoms with Gasteiger partial charge in [0.1, 0.15) is 5.65 Å². The predicted molar refractivity (Wildman–Crippen MR) is 76.2 cm³/mol. The molecule has 6 heteroatoms. The van der Waals surface area contributed by atoms with Crippen LogP contribution < -0.4 is 11.3 Å². The Hall–Kier alpha value is -2.47. The normalized spacial score (nSPS) is 11.1. The van der Waals surface area contributed by atoms with Crippen molar-refractivity contribution < 1.29 is 0 Å². The monoisotopic (exact) mass is 269 g/mol. The van der Waals surface area contributed by atoms with E-state index in [1.807, 2.05) is 29.7 Å². The van der Waals surface area contributed by atoms with E-state index < -0.39 is 0 Å². The first-order valence-electron chi connectivity index (χ1n) is 6.47. The SMILES string of the molecule is CCn1c(CN)cc(=O)n2nc(-c3cccnc3)cc12. The fraction of sp³-hybridized carbons (Fsp3) is 0.214. The van der Waals surface area contributed by atoms with Gasteiger partial charge in [0.2, 0.25) is 0 Å². The van der Waals surface area contributed by atoms with Crippen LogP contribution in [0.2, 0.25) is 0 Å². The number of aryl methyl sites for hydroxylation is 1. The summed E-state index contributed by atoms with van der Waals surface area (Å²) in [7, 11) is 0. The minimum Gasteiger partial charge on any atom is -0.329 e. The minimum atomic E-state index is -0.166. The first-order valence-corrected chi connectivity index (χ1v) is 6.47. The van der Waals surface area contributed by atoms with Gasteiger partial charge in [-0.15, -0.1) is 0 Å². The van der Waals surface area contributed by atoms with E-state index in [-0.39, 0.29) is 5.56 Å². The number of pyridine rings is 1. The molecular formula is C14H15N5O. The molecule has 0 radical (unpaired) electrons. The zero-order valence-corrected chi connectivity index (χ0v) is 11.2. The van der Waals surface area contributed by atoms with Crippen LogP contribution in [0.5, 0.6) is 0 Å². The standard InChI is InChI=1S/C14H15N5O/c1-2-18-11(8-15)6-14(20)19-13(18)7-12(17-19)10-4-3-5-16-9-10/h3-7,9H,2,8,15H2,1H3. The van der Waals surface area contributed by atoms with Crippen LogP contribution in [-0.4, -0.2) is 19.2 Å². The Balaban J connectivity index is 2.30. The van der Waals surface area contributed by atoms with E-state index >= 15 is 0 Å². The highest BCUT2D eigenvalue weighted by molar-refractivity contribution is 5.63. The molecule has 0 aliphatic heterocycles. The van der Waals surface area contributed by atoms with Crippen LogP contribution >= 0.6 is 0 Å². The summed E-state index contributed by atoms with van der Waals surface area (Å²) < 4.78 is 3.40. The molecule has 2 N–H and O–H groups in total. The van der Waals surface area contributed by atoms with Crippen LogP contribution in [0.3, 0.4) is 0 Å². The Bertz CT molecular complexity index is 804. The molecule has 0 aliphatic carbocycles. The van der Waals surface area contributed by atoms with Crippen LogP contribution in [0.1, 0.15) is 12.6 Å². The number of hydrogen-bond donors (Lipinski definition) is 1. The molecule has 0 bridgehead atoms. The van der Waals surface area contributed by atoms with Gasteiger partial charge in [0.15, 0.2) is 0 Å². The average molecular weight is 269 g/mol. The third kappa shape index (κ3) is 1.90. The Morgan fingerprint density at radius 2 is 2.20 bits per heavy atom. The molecule has 6 nitrogen and oxygen atoms in total. The van der Waals surface area contributed by atoms with Crippen molar-refractivity contribution in [1.82, 2.24) is 19.2 Å². The summed E-state index contributed by atoms with van der Waals surface area (Å²) in [6.07, 6.45) is 3.43. The highest BCUT2D eigenvalue weighted by atomic mass is 16.1. The third-order valence-electron chi connectivity index (χ3n) is 3.30. The largest absolute Gasteiger partial charge is 0.329 e. The lowest BCUT2D eigenvalue weighted by Gasteiger charge is -2.10. The zero-order chi connectivity index (χ0) is 14.1. The van der Waals surface area contributed by atoms with Gasteiger partial charge >= 0.3 is 0 Å². The van der Waals surface area contributed by atoms with E-state index in [0.717, 1.165) is 29.1 Å². The topological polar surface area (TPSA) is 78.2 Å². The van der Waals surface area contributed by atoms with E-state index in [1.54, 1.807) is 12.4 Å². The number of hydrogen-bond acceptors (Lipinski definition) is 4. The van der Waals surface area contributed by atoms with E-state index in [0.29, 0.717) is 6.54 Å². The molecule has 0 spiro atoms. The first-order chi connectivity index (χ1) is 9.74. The summed E-state index contributed by atoms with van der Waals surface area (Å²) in [6.45, 7) is 3.07. The van der Waals surface area contributed by atoms with Crippen molar-refractivity contribution in [2.24, 2.45) is 5.73 Å². The van der Waals surface area contributed by atoms with E-state index in [1.165, 1.54) is 10.6 Å². The molecule has 102 valence electrons. The Kier molecular flexibility index (Phi) is 3.08. The average Bonchev–Trinajstić information content (AvgIpc) is 2.93. The summed E-state index contributed by atoms with van der Waals surface area (Å²) in [5, 5.41) is 4.37. The molecule has 3 heterocycles. The lowest BCUT2D eigenvalue weighted by Crippen LogP contribution is -2.22. The number of nitrogens with two attached hydrogens (primary N) is 1. The summed E-state index contributed by atoms with van der Waals surface area (Å²) in [5.74, 6) is 0. The van der Waals surface area contributed by atoms with Gasteiger partial charge in [-0.05, 0) is 19.1 Å². The Labute approximate surface area is 115 Å². The van der Waals surface area contributed by atoms with Crippen molar-refractivity contribution in [3.05, 3.63) is 52.7 Å². The van der Waals surface area contributed by atoms with E-state index in [2.05, 4.69) is 10.1 Å². The smallest absolute Gasteiger partial charge is 0.274 e. The number of fused-ring (bicyclic) bond motifs is 1. The molecule has 0 amide bonds. The summed E-state index contributed by atoms with van der Waals surface area (Å²) in [4.78, 5) is 16.2. The summed E-state index contributed by atoms with van der Waals surface area (Å²) in [5.41, 5.74) is 8.71. The third-order valence-corrected chi connectivity index (χ3v) is 3.30. The first kappa shape index (κ1) is 12.6. The molecule has 0 aromatic carbocycles. The van der Waals surface area contributed by atoms with Crippen molar-refractivity contribution in [2.75, 3.05) is 0 Å². The molecule has 0 atom stereocenters. The lowest BCUT2D eigenvalue weighted by atomic mass is 10.2. The zero-order valence-electron chi connectivity index (χ0n) is 11.2. The van der Waals surface area contributed by atoms with Gasteiger partial charge in [0, 0.05) is 48.9 Å². The van der Waals surface area contributed by atoms with Crippen LogP contribution in [0.25, 0.3) is 16.9 Å². The van der Waals surface area contributed by atoms with Gasteiger partial charge in [0.05, 0.1) is 5.69 Å². The van der Waals surface area contributed by atoms with Crippen molar-refractivity contribution in [3.63, 3.8) is 0 Å². The second kappa shape index (κ2) is 4.90. The molecule has 0 unspecified atom stereocenters. The maximum atomic E-state index is 12.1. The maximum Gasteiger partial charge on any atom is 0.274 e. The van der Waals surface area contributed by atoms with Crippen molar-refractivity contribution in [3.8, 4) is 11.3 Å². The van der Waals surface area contributed by atoms with Crippen LogP contribution in [-0.2, 0) is 13.1 Å². The Morgan fingerprint density at radius 3 is 2.85 bits per heavy atom. The molecule has 3 rings (SSSR count). The number of nitrogens with zero attached hydrogens (tertiary/aromatic N) is 4. The second-order valence-corrected chi connectivity index (χ2v) is 4.46. The van der Waals surface area contributed by atoms with Crippen molar-refractivity contribution in [1.29, 1.82) is 0 Å². The molecule has 0 saturated heterocycles. The second-order valence-electron chi connectivity index (χ2n) is 4.46. The van der Waals surface area contributed by atoms with Gasteiger partial charge < -0.3 is 10.3 Å². The summed E-state index contributed by atoms with van der Waals surface area (Å²) >= 11 is 0. The van der Waals surface area contributed by atoms with Crippen molar-refractivity contribution >= 4 is 5.65 Å². The van der Waals surface area contributed by atoms with Crippen LogP contribution in [0, 0.1) is 0 Å². The summed E-state index contributed by atoms with van der Waals surface area (Å²) in [6, 6.07) is 7.19. The van der Waals surface area contributed by atoms with Gasteiger partial charge in [-0.25, -0.2) is 0 Å². The highest BCUT2D eigenvalue weighted by Crippen LogP contribution is 2.18. The fourth-order valence-corrected chi connectivity index (χ4v) is 2.34. The molecule has 0 fully saturated rings. The number of aromatic nitrogens is 4. The maximum absolute atomic E-state index is 12.1. The predicted octanol–water partition coefficient (Wildman–Crippen LogP) is 1.04. The van der Waals surface area contributed by atoms with Gasteiger partial charge in [-0.3, -0.25) is 9.78 Å².